The molecule has 0 radical (unpaired) electrons. The third-order valence-corrected chi connectivity index (χ3v) is 5.60. The van der Waals surface area contributed by atoms with Crippen LogP contribution in [0.25, 0.3) is 22.3 Å². The van der Waals surface area contributed by atoms with Crippen molar-refractivity contribution < 1.29 is 28.2 Å². The van der Waals surface area contributed by atoms with Crippen molar-refractivity contribution in [1.29, 1.82) is 0 Å². The minimum absolute atomic E-state index is 0.119. The molecule has 174 valence electrons. The highest BCUT2D eigenvalue weighted by Gasteiger charge is 2.24. The fourth-order valence-electron chi connectivity index (χ4n) is 3.66. The largest absolute Gasteiger partial charge is 0.493 e. The molecule has 0 saturated carbocycles. The van der Waals surface area contributed by atoms with Gasteiger partial charge in [-0.25, -0.2) is 4.79 Å². The second-order valence-corrected chi connectivity index (χ2v) is 7.69. The van der Waals surface area contributed by atoms with Crippen molar-refractivity contribution >= 4 is 16.9 Å². The molecule has 7 nitrogen and oxygen atoms in total. The Kier molecular flexibility index (Phi) is 6.27. The predicted molar refractivity (Wildman–Crippen MR) is 128 cm³/mol. The summed E-state index contributed by atoms with van der Waals surface area (Å²) in [5.74, 6) is 0.111. The summed E-state index contributed by atoms with van der Waals surface area (Å²) in [6, 6.07) is 15.5. The number of ether oxygens (including phenoxy) is 4. The SMILES string of the molecule is COc1cc(C(=O)Oc2c(-c3ccccc3)oc3cc(C)c(C)cc3c2=O)cc(OC)c1OC. The molecule has 0 aliphatic rings. The first kappa shape index (κ1) is 22.9. The van der Waals surface area contributed by atoms with Crippen LogP contribution in [0.2, 0.25) is 0 Å². The normalized spacial score (nSPS) is 10.7. The molecule has 4 rings (SSSR count). The fourth-order valence-corrected chi connectivity index (χ4v) is 3.66. The van der Waals surface area contributed by atoms with Crippen LogP contribution in [-0.4, -0.2) is 27.3 Å². The van der Waals surface area contributed by atoms with Crippen LogP contribution in [0.1, 0.15) is 21.5 Å². The molecule has 0 N–H and O–H groups in total. The molecule has 1 aromatic heterocycles. The monoisotopic (exact) mass is 460 g/mol. The molecule has 0 spiro atoms. The Morgan fingerprint density at radius 3 is 2.00 bits per heavy atom. The minimum atomic E-state index is -0.771. The Morgan fingerprint density at radius 1 is 0.794 bits per heavy atom. The zero-order valence-corrected chi connectivity index (χ0v) is 19.6. The van der Waals surface area contributed by atoms with Gasteiger partial charge >= 0.3 is 5.97 Å². The highest BCUT2D eigenvalue weighted by molar-refractivity contribution is 5.94. The number of methoxy groups -OCH3 is 3. The lowest BCUT2D eigenvalue weighted by atomic mass is 10.0. The Hall–Kier alpha value is -4.26. The Morgan fingerprint density at radius 2 is 1.41 bits per heavy atom. The van der Waals surface area contributed by atoms with Gasteiger partial charge in [0.1, 0.15) is 5.58 Å². The first-order chi connectivity index (χ1) is 16.4. The topological polar surface area (TPSA) is 84.2 Å². The van der Waals surface area contributed by atoms with Gasteiger partial charge in [-0.1, -0.05) is 30.3 Å². The summed E-state index contributed by atoms with van der Waals surface area (Å²) >= 11 is 0. The lowest BCUT2D eigenvalue weighted by Crippen LogP contribution is -2.17. The number of esters is 1. The van der Waals surface area contributed by atoms with Crippen molar-refractivity contribution in [1.82, 2.24) is 0 Å². The first-order valence-electron chi connectivity index (χ1n) is 10.5. The van der Waals surface area contributed by atoms with E-state index in [2.05, 4.69) is 0 Å². The Balaban J connectivity index is 1.89. The quantitative estimate of drug-likeness (QED) is 0.360. The van der Waals surface area contributed by atoms with E-state index < -0.39 is 11.4 Å². The third kappa shape index (κ3) is 4.08. The van der Waals surface area contributed by atoms with Gasteiger partial charge in [-0.2, -0.15) is 0 Å². The average Bonchev–Trinajstić information content (AvgIpc) is 2.86. The van der Waals surface area contributed by atoms with Crippen LogP contribution in [0.3, 0.4) is 0 Å². The highest BCUT2D eigenvalue weighted by Crippen LogP contribution is 2.39. The van der Waals surface area contributed by atoms with Crippen molar-refractivity contribution in [3.8, 4) is 34.3 Å². The average molecular weight is 460 g/mol. The van der Waals surface area contributed by atoms with E-state index in [-0.39, 0.29) is 28.6 Å². The summed E-state index contributed by atoms with van der Waals surface area (Å²) in [6.07, 6.45) is 0. The van der Waals surface area contributed by atoms with Crippen molar-refractivity contribution in [2.75, 3.05) is 21.3 Å². The maximum Gasteiger partial charge on any atom is 0.344 e. The van der Waals surface area contributed by atoms with Crippen LogP contribution in [0.15, 0.2) is 63.8 Å². The molecule has 0 aliphatic carbocycles. The van der Waals surface area contributed by atoms with Gasteiger partial charge in [0, 0.05) is 5.56 Å². The number of carbonyl (C=O) groups is 1. The maximum absolute atomic E-state index is 13.5. The van der Waals surface area contributed by atoms with Gasteiger partial charge in [-0.15, -0.1) is 0 Å². The molecule has 7 heteroatoms. The van der Waals surface area contributed by atoms with Crippen LogP contribution in [0.5, 0.6) is 23.0 Å². The number of aryl methyl sites for hydroxylation is 2. The molecule has 0 bridgehead atoms. The molecule has 0 fully saturated rings. The summed E-state index contributed by atoms with van der Waals surface area (Å²) in [5.41, 5.74) is 2.61. The second-order valence-electron chi connectivity index (χ2n) is 7.69. The predicted octanol–water partition coefficient (Wildman–Crippen LogP) is 5.32. The molecule has 0 aliphatic heterocycles. The molecule has 0 saturated heterocycles. The van der Waals surface area contributed by atoms with Crippen molar-refractivity contribution in [2.45, 2.75) is 13.8 Å². The number of benzene rings is 3. The Labute approximate surface area is 196 Å². The van der Waals surface area contributed by atoms with Gasteiger partial charge in [0.15, 0.2) is 17.3 Å². The molecule has 0 unspecified atom stereocenters. The van der Waals surface area contributed by atoms with E-state index in [1.165, 1.54) is 33.5 Å². The van der Waals surface area contributed by atoms with Crippen molar-refractivity contribution in [3.63, 3.8) is 0 Å². The van der Waals surface area contributed by atoms with E-state index in [0.717, 1.165) is 11.1 Å². The molecule has 0 atom stereocenters. The number of hydrogen-bond acceptors (Lipinski definition) is 7. The lowest BCUT2D eigenvalue weighted by molar-refractivity contribution is 0.0730. The third-order valence-electron chi connectivity index (χ3n) is 5.60. The van der Waals surface area contributed by atoms with E-state index in [1.807, 2.05) is 38.1 Å². The van der Waals surface area contributed by atoms with E-state index >= 15 is 0 Å². The molecular formula is C27H24O7. The van der Waals surface area contributed by atoms with Gasteiger partial charge < -0.3 is 23.4 Å². The van der Waals surface area contributed by atoms with E-state index in [1.54, 1.807) is 18.2 Å². The van der Waals surface area contributed by atoms with Crippen LogP contribution in [0, 0.1) is 13.8 Å². The van der Waals surface area contributed by atoms with E-state index in [4.69, 9.17) is 23.4 Å². The lowest BCUT2D eigenvalue weighted by Gasteiger charge is -2.15. The molecule has 34 heavy (non-hydrogen) atoms. The molecule has 3 aromatic carbocycles. The maximum atomic E-state index is 13.5. The van der Waals surface area contributed by atoms with Gasteiger partial charge in [-0.3, -0.25) is 4.79 Å². The van der Waals surface area contributed by atoms with Gasteiger partial charge in [0.05, 0.1) is 32.3 Å². The number of carbonyl (C=O) groups excluding carboxylic acids is 1. The molecule has 4 aromatic rings. The number of fused-ring (bicyclic) bond motifs is 1. The van der Waals surface area contributed by atoms with Crippen LogP contribution >= 0.6 is 0 Å². The zero-order valence-electron chi connectivity index (χ0n) is 19.6. The minimum Gasteiger partial charge on any atom is -0.493 e. The van der Waals surface area contributed by atoms with Crippen LogP contribution in [-0.2, 0) is 0 Å². The standard InChI is InChI=1S/C27H24O7/c1-15-11-19-20(12-16(15)2)33-24(17-9-7-6-8-10-17)26(23(19)28)34-27(29)18-13-21(30-3)25(32-5)22(14-18)31-4/h6-14H,1-5H3. The number of hydrogen-bond donors (Lipinski definition) is 0. The summed E-state index contributed by atoms with van der Waals surface area (Å²) in [7, 11) is 4.36. The van der Waals surface area contributed by atoms with Crippen molar-refractivity contribution in [2.24, 2.45) is 0 Å². The van der Waals surface area contributed by atoms with Gasteiger partial charge in [0.2, 0.25) is 16.9 Å². The highest BCUT2D eigenvalue weighted by atomic mass is 16.5. The van der Waals surface area contributed by atoms with E-state index in [9.17, 15) is 9.59 Å². The molecular weight excluding hydrogens is 436 g/mol. The van der Waals surface area contributed by atoms with Gasteiger partial charge in [-0.05, 0) is 49.2 Å². The summed E-state index contributed by atoms with van der Waals surface area (Å²) in [4.78, 5) is 26.7. The van der Waals surface area contributed by atoms with E-state index in [0.29, 0.717) is 22.3 Å². The van der Waals surface area contributed by atoms with Crippen LogP contribution < -0.4 is 24.4 Å². The van der Waals surface area contributed by atoms with Crippen LogP contribution in [0.4, 0.5) is 0 Å². The first-order valence-corrected chi connectivity index (χ1v) is 10.5. The number of rotatable bonds is 6. The molecule has 1 heterocycles. The van der Waals surface area contributed by atoms with Gasteiger partial charge in [0.25, 0.3) is 0 Å². The summed E-state index contributed by atoms with van der Waals surface area (Å²) in [5, 5.41) is 0.329. The Bertz CT molecular complexity index is 1410. The smallest absolute Gasteiger partial charge is 0.344 e. The summed E-state index contributed by atoms with van der Waals surface area (Å²) < 4.78 is 27.7. The molecule has 0 amide bonds. The summed E-state index contributed by atoms with van der Waals surface area (Å²) in [6.45, 7) is 3.84. The zero-order chi connectivity index (χ0) is 24.4. The second kappa shape index (κ2) is 9.31. The fraction of sp³-hybridized carbons (Fsp3) is 0.185. The van der Waals surface area contributed by atoms with Crippen molar-refractivity contribution in [3.05, 3.63) is 81.5 Å².